The van der Waals surface area contributed by atoms with Gasteiger partial charge in [-0.25, -0.2) is 4.39 Å². The number of nitrogens with zero attached hydrogens (tertiary/aromatic N) is 2. The molecule has 1 N–H and O–H groups in total. The van der Waals surface area contributed by atoms with Crippen LogP contribution in [0.15, 0.2) is 22.7 Å². The van der Waals surface area contributed by atoms with Crippen molar-refractivity contribution in [2.75, 3.05) is 11.1 Å². The molecule has 0 saturated heterocycles. The molecular weight excluding hydrogens is 305 g/mol. The molecule has 1 aromatic heterocycles. The number of amides is 1. The van der Waals surface area contributed by atoms with Crippen LogP contribution in [0.25, 0.3) is 0 Å². The Morgan fingerprint density at radius 2 is 2.35 bits per heavy atom. The Balaban J connectivity index is 1.79. The summed E-state index contributed by atoms with van der Waals surface area (Å²) in [7, 11) is 0. The second-order valence-electron chi connectivity index (χ2n) is 3.90. The third-order valence-corrected chi connectivity index (χ3v) is 3.46. The standard InChI is InChI=1S/C12H11ClFN3O2S/c1-7-15-11(17-19-7)5-20-6-12(18)16-8-2-3-10(14)9(13)4-8/h2-4H,5-6H2,1H3,(H,16,18). The van der Waals surface area contributed by atoms with Crippen LogP contribution in [0.3, 0.4) is 0 Å². The van der Waals surface area contributed by atoms with Crippen LogP contribution in [-0.4, -0.2) is 21.8 Å². The third-order valence-electron chi connectivity index (χ3n) is 2.24. The Morgan fingerprint density at radius 3 is 3.00 bits per heavy atom. The maximum absolute atomic E-state index is 13.0. The van der Waals surface area contributed by atoms with Crippen molar-refractivity contribution in [3.63, 3.8) is 0 Å². The SMILES string of the molecule is Cc1nc(CSCC(=O)Nc2ccc(F)c(Cl)c2)no1. The molecule has 1 heterocycles. The van der Waals surface area contributed by atoms with Crippen molar-refractivity contribution in [3.8, 4) is 0 Å². The minimum absolute atomic E-state index is 0.0299. The van der Waals surface area contributed by atoms with Gasteiger partial charge in [-0.05, 0) is 18.2 Å². The number of hydrogen-bond acceptors (Lipinski definition) is 5. The first-order chi connectivity index (χ1) is 9.54. The number of carbonyl (C=O) groups excluding carboxylic acids is 1. The van der Waals surface area contributed by atoms with Gasteiger partial charge in [-0.15, -0.1) is 11.8 Å². The molecule has 0 bridgehead atoms. The van der Waals surface area contributed by atoms with Crippen molar-refractivity contribution >= 4 is 35.0 Å². The second-order valence-corrected chi connectivity index (χ2v) is 5.29. The van der Waals surface area contributed by atoms with E-state index < -0.39 is 5.82 Å². The molecule has 2 aromatic rings. The van der Waals surface area contributed by atoms with E-state index in [2.05, 4.69) is 15.5 Å². The van der Waals surface area contributed by atoms with Crippen molar-refractivity contribution in [1.29, 1.82) is 0 Å². The summed E-state index contributed by atoms with van der Waals surface area (Å²) in [6.45, 7) is 1.70. The van der Waals surface area contributed by atoms with Crippen LogP contribution in [0, 0.1) is 12.7 Å². The Morgan fingerprint density at radius 1 is 1.55 bits per heavy atom. The molecule has 0 saturated carbocycles. The fourth-order valence-electron chi connectivity index (χ4n) is 1.41. The average molecular weight is 316 g/mol. The Bertz CT molecular complexity index is 620. The van der Waals surface area contributed by atoms with Gasteiger partial charge >= 0.3 is 0 Å². The molecule has 0 spiro atoms. The number of carbonyl (C=O) groups is 1. The minimum Gasteiger partial charge on any atom is -0.340 e. The number of aryl methyl sites for hydroxylation is 1. The lowest BCUT2D eigenvalue weighted by Crippen LogP contribution is -2.14. The summed E-state index contributed by atoms with van der Waals surface area (Å²) in [4.78, 5) is 15.7. The fourth-order valence-corrected chi connectivity index (χ4v) is 2.25. The van der Waals surface area contributed by atoms with Crippen LogP contribution < -0.4 is 5.32 Å². The van der Waals surface area contributed by atoms with E-state index in [9.17, 15) is 9.18 Å². The summed E-state index contributed by atoms with van der Waals surface area (Å²) >= 11 is 6.98. The molecule has 0 radical (unpaired) electrons. The summed E-state index contributed by atoms with van der Waals surface area (Å²) in [6.07, 6.45) is 0. The van der Waals surface area contributed by atoms with E-state index >= 15 is 0 Å². The van der Waals surface area contributed by atoms with Gasteiger partial charge in [-0.3, -0.25) is 4.79 Å². The normalized spacial score (nSPS) is 10.6. The molecule has 0 atom stereocenters. The van der Waals surface area contributed by atoms with E-state index in [-0.39, 0.29) is 16.7 Å². The molecular formula is C12H11ClFN3O2S. The first-order valence-electron chi connectivity index (χ1n) is 5.66. The van der Waals surface area contributed by atoms with Gasteiger partial charge < -0.3 is 9.84 Å². The zero-order valence-corrected chi connectivity index (χ0v) is 12.1. The second kappa shape index (κ2) is 6.71. The molecule has 5 nitrogen and oxygen atoms in total. The molecule has 0 aliphatic heterocycles. The highest BCUT2D eigenvalue weighted by Crippen LogP contribution is 2.19. The van der Waals surface area contributed by atoms with Crippen LogP contribution >= 0.6 is 23.4 Å². The molecule has 0 unspecified atom stereocenters. The van der Waals surface area contributed by atoms with Crippen LogP contribution in [0.4, 0.5) is 10.1 Å². The third kappa shape index (κ3) is 4.21. The van der Waals surface area contributed by atoms with Crippen molar-refractivity contribution in [2.24, 2.45) is 0 Å². The van der Waals surface area contributed by atoms with Crippen LogP contribution in [0.5, 0.6) is 0 Å². The predicted molar refractivity (Wildman–Crippen MR) is 75.2 cm³/mol. The van der Waals surface area contributed by atoms with Crippen molar-refractivity contribution < 1.29 is 13.7 Å². The number of anilines is 1. The highest BCUT2D eigenvalue weighted by Gasteiger charge is 2.07. The van der Waals surface area contributed by atoms with E-state index in [4.69, 9.17) is 16.1 Å². The molecule has 0 aliphatic rings. The quantitative estimate of drug-likeness (QED) is 0.918. The molecule has 2 rings (SSSR count). The Kier molecular flexibility index (Phi) is 4.97. The molecule has 8 heteroatoms. The lowest BCUT2D eigenvalue weighted by Gasteiger charge is -2.05. The summed E-state index contributed by atoms with van der Waals surface area (Å²) < 4.78 is 17.8. The first kappa shape index (κ1) is 14.8. The van der Waals surface area contributed by atoms with Gasteiger partial charge in [-0.2, -0.15) is 4.98 Å². The van der Waals surface area contributed by atoms with Crippen LogP contribution in [0.2, 0.25) is 5.02 Å². The van der Waals surface area contributed by atoms with E-state index in [1.807, 2.05) is 0 Å². The van der Waals surface area contributed by atoms with E-state index in [1.165, 1.54) is 30.0 Å². The topological polar surface area (TPSA) is 68.0 Å². The molecule has 0 aliphatic carbocycles. The van der Waals surface area contributed by atoms with Gasteiger partial charge in [0.15, 0.2) is 5.82 Å². The number of hydrogen-bond donors (Lipinski definition) is 1. The maximum atomic E-state index is 13.0. The minimum atomic E-state index is -0.522. The highest BCUT2D eigenvalue weighted by molar-refractivity contribution is 7.99. The number of rotatable bonds is 5. The molecule has 20 heavy (non-hydrogen) atoms. The Labute approximate surface area is 123 Å². The average Bonchev–Trinajstić information content (AvgIpc) is 2.80. The van der Waals surface area contributed by atoms with Crippen molar-refractivity contribution in [2.45, 2.75) is 12.7 Å². The number of halogens is 2. The zero-order chi connectivity index (χ0) is 14.5. The summed E-state index contributed by atoms with van der Waals surface area (Å²) in [5.74, 6) is 1.01. The first-order valence-corrected chi connectivity index (χ1v) is 7.19. The summed E-state index contributed by atoms with van der Waals surface area (Å²) in [5, 5.41) is 6.32. The molecule has 1 amide bonds. The largest absolute Gasteiger partial charge is 0.340 e. The maximum Gasteiger partial charge on any atom is 0.234 e. The fraction of sp³-hybridized carbons (Fsp3) is 0.250. The smallest absolute Gasteiger partial charge is 0.234 e. The lowest BCUT2D eigenvalue weighted by molar-refractivity contribution is -0.113. The predicted octanol–water partition coefficient (Wildman–Crippen LogP) is 3.04. The van der Waals surface area contributed by atoms with Crippen LogP contribution in [-0.2, 0) is 10.5 Å². The van der Waals surface area contributed by atoms with E-state index in [1.54, 1.807) is 6.92 Å². The van der Waals surface area contributed by atoms with Gasteiger partial charge in [0.2, 0.25) is 11.8 Å². The van der Waals surface area contributed by atoms with Crippen LogP contribution in [0.1, 0.15) is 11.7 Å². The number of nitrogens with one attached hydrogen (secondary N) is 1. The van der Waals surface area contributed by atoms with Gasteiger partial charge in [-0.1, -0.05) is 16.8 Å². The molecule has 0 fully saturated rings. The summed E-state index contributed by atoms with van der Waals surface area (Å²) in [6, 6.07) is 4.02. The lowest BCUT2D eigenvalue weighted by atomic mass is 10.3. The van der Waals surface area contributed by atoms with Gasteiger partial charge in [0, 0.05) is 12.6 Å². The van der Waals surface area contributed by atoms with E-state index in [0.29, 0.717) is 23.2 Å². The Hall–Kier alpha value is -1.60. The van der Waals surface area contributed by atoms with Crippen molar-refractivity contribution in [1.82, 2.24) is 10.1 Å². The summed E-state index contributed by atoms with van der Waals surface area (Å²) in [5.41, 5.74) is 0.456. The zero-order valence-electron chi connectivity index (χ0n) is 10.5. The molecule has 1 aromatic carbocycles. The highest BCUT2D eigenvalue weighted by atomic mass is 35.5. The van der Waals surface area contributed by atoms with Gasteiger partial charge in [0.05, 0.1) is 16.5 Å². The van der Waals surface area contributed by atoms with Crippen molar-refractivity contribution in [3.05, 3.63) is 40.8 Å². The number of benzene rings is 1. The monoisotopic (exact) mass is 315 g/mol. The van der Waals surface area contributed by atoms with Gasteiger partial charge in [0.25, 0.3) is 0 Å². The number of aromatic nitrogens is 2. The molecule has 106 valence electrons. The van der Waals surface area contributed by atoms with E-state index in [0.717, 1.165) is 0 Å². The van der Waals surface area contributed by atoms with Gasteiger partial charge in [0.1, 0.15) is 5.82 Å². The number of thioether (sulfide) groups is 1.